The van der Waals surface area contributed by atoms with Gasteiger partial charge in [-0.05, 0) is 35.0 Å². The minimum atomic E-state index is -3.62. The van der Waals surface area contributed by atoms with E-state index in [1.54, 1.807) is 29.4 Å². The number of amides is 1. The van der Waals surface area contributed by atoms with Gasteiger partial charge in [-0.25, -0.2) is 13.4 Å². The SMILES string of the molecule is O=C(CSc1n[nH]c(-c2ccncc2)n1)N1CCN(S(=O)(=O)c2ccc3ccccc3c2)CC1. The minimum absolute atomic E-state index is 0.0667. The Balaban J connectivity index is 1.17. The number of hydrogen-bond donors (Lipinski definition) is 1. The number of thioether (sulfide) groups is 1. The van der Waals surface area contributed by atoms with Gasteiger partial charge in [0, 0.05) is 44.1 Å². The molecular weight excluding hydrogens is 472 g/mol. The number of hydrogen-bond acceptors (Lipinski definition) is 7. The Labute approximate surface area is 201 Å². The molecule has 4 aromatic rings. The van der Waals surface area contributed by atoms with E-state index in [1.165, 1.54) is 16.1 Å². The highest BCUT2D eigenvalue weighted by molar-refractivity contribution is 7.99. The number of piperazine rings is 1. The summed E-state index contributed by atoms with van der Waals surface area (Å²) in [6.07, 6.45) is 3.35. The lowest BCUT2D eigenvalue weighted by Crippen LogP contribution is -2.50. The number of aromatic nitrogens is 4. The minimum Gasteiger partial charge on any atom is -0.339 e. The van der Waals surface area contributed by atoms with Crippen LogP contribution in [0.25, 0.3) is 22.2 Å². The predicted molar refractivity (Wildman–Crippen MR) is 130 cm³/mol. The van der Waals surface area contributed by atoms with Crippen LogP contribution in [-0.4, -0.2) is 75.6 Å². The van der Waals surface area contributed by atoms with Crippen LogP contribution in [0.15, 0.2) is 77.0 Å². The van der Waals surface area contributed by atoms with Gasteiger partial charge in [-0.2, -0.15) is 4.31 Å². The molecule has 1 fully saturated rings. The molecule has 0 atom stereocenters. The monoisotopic (exact) mass is 494 g/mol. The molecule has 1 N–H and O–H groups in total. The Morgan fingerprint density at radius 1 is 0.971 bits per heavy atom. The largest absolute Gasteiger partial charge is 0.339 e. The van der Waals surface area contributed by atoms with Gasteiger partial charge in [-0.3, -0.25) is 14.9 Å². The van der Waals surface area contributed by atoms with Gasteiger partial charge in [-0.15, -0.1) is 5.10 Å². The summed E-state index contributed by atoms with van der Waals surface area (Å²) in [6.45, 7) is 1.22. The van der Waals surface area contributed by atoms with Gasteiger partial charge in [-0.1, -0.05) is 42.1 Å². The Hall–Kier alpha value is -3.28. The van der Waals surface area contributed by atoms with Crippen molar-refractivity contribution in [3.8, 4) is 11.4 Å². The molecule has 3 heterocycles. The van der Waals surface area contributed by atoms with Gasteiger partial charge in [0.25, 0.3) is 0 Å². The first-order valence-electron chi connectivity index (χ1n) is 10.7. The number of sulfonamides is 1. The van der Waals surface area contributed by atoms with Crippen LogP contribution in [0.5, 0.6) is 0 Å². The van der Waals surface area contributed by atoms with E-state index in [0.29, 0.717) is 24.1 Å². The number of benzene rings is 2. The number of fused-ring (bicyclic) bond motifs is 1. The van der Waals surface area contributed by atoms with Crippen molar-refractivity contribution in [2.75, 3.05) is 31.9 Å². The molecule has 0 radical (unpaired) electrons. The van der Waals surface area contributed by atoms with Crippen LogP contribution in [0.2, 0.25) is 0 Å². The first-order valence-corrected chi connectivity index (χ1v) is 13.2. The second-order valence-corrected chi connectivity index (χ2v) is 10.7. The molecule has 174 valence electrons. The Morgan fingerprint density at radius 2 is 1.71 bits per heavy atom. The highest BCUT2D eigenvalue weighted by Crippen LogP contribution is 2.23. The van der Waals surface area contributed by atoms with E-state index in [4.69, 9.17) is 0 Å². The topological polar surface area (TPSA) is 112 Å². The van der Waals surface area contributed by atoms with Crippen LogP contribution in [0.1, 0.15) is 0 Å². The molecule has 0 bridgehead atoms. The van der Waals surface area contributed by atoms with Crippen molar-refractivity contribution in [2.45, 2.75) is 10.1 Å². The third kappa shape index (κ3) is 4.67. The fourth-order valence-electron chi connectivity index (χ4n) is 3.82. The third-order valence-corrected chi connectivity index (χ3v) is 8.42. The maximum Gasteiger partial charge on any atom is 0.243 e. The van der Waals surface area contributed by atoms with E-state index < -0.39 is 10.0 Å². The Kier molecular flexibility index (Phi) is 6.31. The van der Waals surface area contributed by atoms with Gasteiger partial charge in [0.15, 0.2) is 5.82 Å². The Bertz CT molecular complexity index is 1420. The predicted octanol–water partition coefficient (Wildman–Crippen LogP) is 2.65. The molecule has 0 spiro atoms. The van der Waals surface area contributed by atoms with E-state index in [-0.39, 0.29) is 29.6 Å². The second-order valence-electron chi connectivity index (χ2n) is 7.78. The van der Waals surface area contributed by atoms with Crippen molar-refractivity contribution in [1.29, 1.82) is 0 Å². The average molecular weight is 495 g/mol. The van der Waals surface area contributed by atoms with Crippen LogP contribution in [0, 0.1) is 0 Å². The lowest BCUT2D eigenvalue weighted by atomic mass is 10.1. The molecule has 0 aliphatic carbocycles. The quantitative estimate of drug-likeness (QED) is 0.410. The number of nitrogens with one attached hydrogen (secondary N) is 1. The van der Waals surface area contributed by atoms with Crippen LogP contribution >= 0.6 is 11.8 Å². The molecule has 11 heteroatoms. The summed E-state index contributed by atoms with van der Waals surface area (Å²) in [5.41, 5.74) is 0.865. The van der Waals surface area contributed by atoms with Crippen molar-refractivity contribution in [1.82, 2.24) is 29.4 Å². The molecule has 0 saturated carbocycles. The highest BCUT2D eigenvalue weighted by Gasteiger charge is 2.30. The summed E-state index contributed by atoms with van der Waals surface area (Å²) in [5.74, 6) is 0.735. The van der Waals surface area contributed by atoms with E-state index in [9.17, 15) is 13.2 Å². The lowest BCUT2D eigenvalue weighted by Gasteiger charge is -2.34. The number of carbonyl (C=O) groups excluding carboxylic acids is 1. The zero-order valence-electron chi connectivity index (χ0n) is 18.2. The van der Waals surface area contributed by atoms with Gasteiger partial charge < -0.3 is 4.90 Å². The van der Waals surface area contributed by atoms with Crippen LogP contribution < -0.4 is 0 Å². The van der Waals surface area contributed by atoms with Crippen molar-refractivity contribution in [2.24, 2.45) is 0 Å². The maximum absolute atomic E-state index is 13.1. The van der Waals surface area contributed by atoms with Crippen molar-refractivity contribution >= 4 is 38.5 Å². The van der Waals surface area contributed by atoms with Gasteiger partial charge >= 0.3 is 0 Å². The summed E-state index contributed by atoms with van der Waals surface area (Å²) < 4.78 is 27.7. The molecule has 1 aliphatic rings. The Morgan fingerprint density at radius 3 is 2.47 bits per heavy atom. The van der Waals surface area contributed by atoms with Crippen LogP contribution in [0.3, 0.4) is 0 Å². The zero-order chi connectivity index (χ0) is 23.5. The number of H-pyrrole nitrogens is 1. The van der Waals surface area contributed by atoms with Crippen molar-refractivity contribution in [3.63, 3.8) is 0 Å². The molecule has 1 saturated heterocycles. The van der Waals surface area contributed by atoms with Crippen molar-refractivity contribution in [3.05, 3.63) is 67.0 Å². The number of carbonyl (C=O) groups is 1. The van der Waals surface area contributed by atoms with Crippen molar-refractivity contribution < 1.29 is 13.2 Å². The van der Waals surface area contributed by atoms with Crippen LogP contribution in [-0.2, 0) is 14.8 Å². The summed E-state index contributed by atoms with van der Waals surface area (Å²) in [6, 6.07) is 16.5. The molecular formula is C23H22N6O3S2. The normalized spacial score (nSPS) is 15.0. The zero-order valence-corrected chi connectivity index (χ0v) is 19.8. The van der Waals surface area contributed by atoms with Gasteiger partial charge in [0.05, 0.1) is 10.6 Å². The van der Waals surface area contributed by atoms with E-state index >= 15 is 0 Å². The number of nitrogens with zero attached hydrogens (tertiary/aromatic N) is 5. The summed E-state index contributed by atoms with van der Waals surface area (Å²) >= 11 is 1.25. The van der Waals surface area contributed by atoms with E-state index in [2.05, 4.69) is 20.2 Å². The maximum atomic E-state index is 13.1. The molecule has 9 nitrogen and oxygen atoms in total. The second kappa shape index (κ2) is 9.53. The smallest absolute Gasteiger partial charge is 0.243 e. The third-order valence-electron chi connectivity index (χ3n) is 5.69. The average Bonchev–Trinajstić information content (AvgIpc) is 3.37. The summed E-state index contributed by atoms with van der Waals surface area (Å²) in [7, 11) is -3.62. The standard InChI is InChI=1S/C23H22N6O3S2/c30-21(16-33-23-25-22(26-27-23)18-7-9-24-10-8-18)28-11-13-29(14-12-28)34(31,32)20-6-5-17-3-1-2-4-19(17)15-20/h1-10,15H,11-14,16H2,(H,25,26,27). The van der Waals surface area contributed by atoms with E-state index in [0.717, 1.165) is 16.3 Å². The number of pyridine rings is 1. The van der Waals surface area contributed by atoms with Crippen LogP contribution in [0.4, 0.5) is 0 Å². The van der Waals surface area contributed by atoms with Gasteiger partial charge in [0.1, 0.15) is 0 Å². The molecule has 1 amide bonds. The highest BCUT2D eigenvalue weighted by atomic mass is 32.2. The lowest BCUT2D eigenvalue weighted by molar-refractivity contribution is -0.129. The fraction of sp³-hybridized carbons (Fsp3) is 0.217. The molecule has 1 aliphatic heterocycles. The summed E-state index contributed by atoms with van der Waals surface area (Å²) in [4.78, 5) is 23.0. The first-order chi connectivity index (χ1) is 16.5. The molecule has 2 aromatic heterocycles. The molecule has 5 rings (SSSR count). The van der Waals surface area contributed by atoms with E-state index in [1.807, 2.05) is 42.5 Å². The van der Waals surface area contributed by atoms with Gasteiger partial charge in [0.2, 0.25) is 21.1 Å². The fourth-order valence-corrected chi connectivity index (χ4v) is 5.98. The molecule has 2 aromatic carbocycles. The molecule has 0 unspecified atom stereocenters. The number of rotatable bonds is 6. The molecule has 34 heavy (non-hydrogen) atoms. The summed E-state index contributed by atoms with van der Waals surface area (Å²) in [5, 5.41) is 9.38. The number of aromatic amines is 1. The first kappa shape index (κ1) is 22.5.